The summed E-state index contributed by atoms with van der Waals surface area (Å²) in [4.78, 5) is 6.64. The van der Waals surface area contributed by atoms with Crippen molar-refractivity contribution >= 4 is 5.96 Å². The largest absolute Gasteiger partial charge is 0.497 e. The third kappa shape index (κ3) is 5.26. The smallest absolute Gasteiger partial charge is 0.194 e. The summed E-state index contributed by atoms with van der Waals surface area (Å²) in [6, 6.07) is 11.6. The minimum atomic E-state index is -0.674. The molecule has 25 heavy (non-hydrogen) atoms. The second-order valence-electron chi connectivity index (χ2n) is 5.95. The molecule has 0 saturated carbocycles. The van der Waals surface area contributed by atoms with Crippen molar-refractivity contribution in [2.24, 2.45) is 12.0 Å². The first kappa shape index (κ1) is 18.9. The van der Waals surface area contributed by atoms with Gasteiger partial charge in [0.2, 0.25) is 0 Å². The van der Waals surface area contributed by atoms with E-state index in [1.54, 1.807) is 7.11 Å². The Hall–Kier alpha value is -2.47. The zero-order valence-electron chi connectivity index (χ0n) is 15.4. The molecule has 1 unspecified atom stereocenters. The van der Waals surface area contributed by atoms with E-state index in [-0.39, 0.29) is 6.54 Å². The van der Waals surface area contributed by atoms with Gasteiger partial charge in [-0.25, -0.2) is 0 Å². The number of nitrogens with zero attached hydrogens (tertiary/aromatic N) is 3. The minimum Gasteiger partial charge on any atom is -0.497 e. The summed E-state index contributed by atoms with van der Waals surface area (Å²) in [5, 5.41) is 13.7. The zero-order valence-corrected chi connectivity index (χ0v) is 15.4. The van der Waals surface area contributed by atoms with E-state index < -0.39 is 6.10 Å². The van der Waals surface area contributed by atoms with Crippen LogP contribution in [-0.4, -0.2) is 47.8 Å². The third-order valence-electron chi connectivity index (χ3n) is 4.04. The van der Waals surface area contributed by atoms with E-state index in [2.05, 4.69) is 25.8 Å². The Bertz CT molecular complexity index is 696. The summed E-state index contributed by atoms with van der Waals surface area (Å²) in [6.07, 6.45) is 1.35. The maximum absolute atomic E-state index is 10.4. The zero-order chi connectivity index (χ0) is 18.2. The van der Waals surface area contributed by atoms with Crippen molar-refractivity contribution < 1.29 is 9.84 Å². The van der Waals surface area contributed by atoms with Gasteiger partial charge < -0.3 is 24.6 Å². The molecule has 0 aliphatic rings. The number of hydrogen-bond acceptors (Lipinski definition) is 3. The number of methoxy groups -OCH3 is 1. The summed E-state index contributed by atoms with van der Waals surface area (Å²) in [5.41, 5.74) is 1.99. The number of guanidine groups is 1. The quantitative estimate of drug-likeness (QED) is 0.597. The van der Waals surface area contributed by atoms with E-state index in [4.69, 9.17) is 4.74 Å². The number of benzene rings is 1. The van der Waals surface area contributed by atoms with Crippen molar-refractivity contribution in [2.45, 2.75) is 19.6 Å². The SMILES string of the molecule is CCNC(=NCC(O)c1cccc(OC)c1)N(C)Cc1cccn1C. The molecular weight excluding hydrogens is 316 g/mol. The van der Waals surface area contributed by atoms with Gasteiger partial charge in [0, 0.05) is 32.5 Å². The molecule has 0 saturated heterocycles. The topological polar surface area (TPSA) is 62.0 Å². The number of aliphatic hydroxyl groups excluding tert-OH is 1. The first-order chi connectivity index (χ1) is 12.0. The minimum absolute atomic E-state index is 0.285. The van der Waals surface area contributed by atoms with Gasteiger partial charge in [-0.1, -0.05) is 12.1 Å². The van der Waals surface area contributed by atoms with Gasteiger partial charge in [-0.05, 0) is 36.8 Å². The second kappa shape index (κ2) is 9.13. The molecule has 6 heteroatoms. The van der Waals surface area contributed by atoms with E-state index in [9.17, 15) is 5.11 Å². The molecule has 0 fully saturated rings. The van der Waals surface area contributed by atoms with Crippen LogP contribution in [0.4, 0.5) is 0 Å². The summed E-state index contributed by atoms with van der Waals surface area (Å²) < 4.78 is 7.30. The number of aryl methyl sites for hydroxylation is 1. The predicted molar refractivity (Wildman–Crippen MR) is 101 cm³/mol. The lowest BCUT2D eigenvalue weighted by Gasteiger charge is -2.23. The number of ether oxygens (including phenoxy) is 1. The van der Waals surface area contributed by atoms with Gasteiger partial charge >= 0.3 is 0 Å². The van der Waals surface area contributed by atoms with Crippen LogP contribution in [-0.2, 0) is 13.6 Å². The van der Waals surface area contributed by atoms with Crippen LogP contribution in [0.25, 0.3) is 0 Å². The Morgan fingerprint density at radius 1 is 1.36 bits per heavy atom. The molecule has 1 heterocycles. The lowest BCUT2D eigenvalue weighted by atomic mass is 10.1. The van der Waals surface area contributed by atoms with E-state index in [1.807, 2.05) is 57.5 Å². The molecule has 2 rings (SSSR count). The van der Waals surface area contributed by atoms with E-state index in [0.29, 0.717) is 0 Å². The highest BCUT2D eigenvalue weighted by molar-refractivity contribution is 5.79. The lowest BCUT2D eigenvalue weighted by molar-refractivity contribution is 0.186. The molecule has 136 valence electrons. The van der Waals surface area contributed by atoms with Crippen LogP contribution in [0.3, 0.4) is 0 Å². The Morgan fingerprint density at radius 2 is 2.16 bits per heavy atom. The van der Waals surface area contributed by atoms with Crippen molar-refractivity contribution in [3.05, 3.63) is 53.9 Å². The molecule has 1 aromatic carbocycles. The van der Waals surface area contributed by atoms with Crippen LogP contribution < -0.4 is 10.1 Å². The van der Waals surface area contributed by atoms with Crippen molar-refractivity contribution in [3.63, 3.8) is 0 Å². The fraction of sp³-hybridized carbons (Fsp3) is 0.421. The molecule has 1 aromatic heterocycles. The van der Waals surface area contributed by atoms with Crippen LogP contribution >= 0.6 is 0 Å². The standard InChI is InChI=1S/C19H28N4O2/c1-5-20-19(23(3)14-16-9-7-11-22(16)2)21-13-18(24)15-8-6-10-17(12-15)25-4/h6-12,18,24H,5,13-14H2,1-4H3,(H,20,21). The highest BCUT2D eigenvalue weighted by atomic mass is 16.5. The van der Waals surface area contributed by atoms with Gasteiger partial charge in [0.25, 0.3) is 0 Å². The highest BCUT2D eigenvalue weighted by Gasteiger charge is 2.11. The first-order valence-electron chi connectivity index (χ1n) is 8.46. The van der Waals surface area contributed by atoms with E-state index in [1.165, 1.54) is 5.69 Å². The lowest BCUT2D eigenvalue weighted by Crippen LogP contribution is -2.39. The predicted octanol–water partition coefficient (Wildman–Crippen LogP) is 2.16. The summed E-state index contributed by atoms with van der Waals surface area (Å²) in [5.74, 6) is 1.50. The van der Waals surface area contributed by atoms with Gasteiger partial charge in [0.15, 0.2) is 5.96 Å². The molecule has 2 N–H and O–H groups in total. The fourth-order valence-corrected chi connectivity index (χ4v) is 2.58. The molecule has 6 nitrogen and oxygen atoms in total. The van der Waals surface area contributed by atoms with Crippen molar-refractivity contribution in [2.75, 3.05) is 27.2 Å². The highest BCUT2D eigenvalue weighted by Crippen LogP contribution is 2.19. The van der Waals surface area contributed by atoms with Gasteiger partial charge in [-0.2, -0.15) is 0 Å². The Balaban J connectivity index is 2.06. The van der Waals surface area contributed by atoms with Crippen LogP contribution in [0.15, 0.2) is 47.6 Å². The monoisotopic (exact) mass is 344 g/mol. The molecule has 0 aliphatic heterocycles. The summed E-state index contributed by atoms with van der Waals surface area (Å²) in [7, 11) is 5.64. The Kier molecular flexibility index (Phi) is 6.89. The summed E-state index contributed by atoms with van der Waals surface area (Å²) in [6.45, 7) is 3.83. The van der Waals surface area contributed by atoms with Gasteiger partial charge in [0.1, 0.15) is 5.75 Å². The molecule has 0 spiro atoms. The average Bonchev–Trinajstić information content (AvgIpc) is 3.03. The molecule has 0 radical (unpaired) electrons. The van der Waals surface area contributed by atoms with Crippen LogP contribution in [0.1, 0.15) is 24.3 Å². The first-order valence-corrected chi connectivity index (χ1v) is 8.46. The van der Waals surface area contributed by atoms with Gasteiger partial charge in [-0.15, -0.1) is 0 Å². The van der Waals surface area contributed by atoms with Crippen molar-refractivity contribution in [1.82, 2.24) is 14.8 Å². The molecule has 0 aliphatic carbocycles. The van der Waals surface area contributed by atoms with Crippen LogP contribution in [0.2, 0.25) is 0 Å². The van der Waals surface area contributed by atoms with Gasteiger partial charge in [-0.3, -0.25) is 4.99 Å². The molecule has 0 bridgehead atoms. The number of nitrogens with one attached hydrogen (secondary N) is 1. The number of aliphatic hydroxyl groups is 1. The van der Waals surface area contributed by atoms with Crippen molar-refractivity contribution in [3.8, 4) is 5.75 Å². The van der Waals surface area contributed by atoms with Crippen molar-refractivity contribution in [1.29, 1.82) is 0 Å². The molecular formula is C19H28N4O2. The fourth-order valence-electron chi connectivity index (χ4n) is 2.58. The summed E-state index contributed by atoms with van der Waals surface area (Å²) >= 11 is 0. The van der Waals surface area contributed by atoms with E-state index in [0.717, 1.165) is 30.4 Å². The number of aliphatic imine (C=N–C) groups is 1. The molecule has 2 aromatic rings. The van der Waals surface area contributed by atoms with Crippen LogP contribution in [0, 0.1) is 0 Å². The van der Waals surface area contributed by atoms with Gasteiger partial charge in [0.05, 0.1) is 26.3 Å². The maximum atomic E-state index is 10.4. The van der Waals surface area contributed by atoms with E-state index >= 15 is 0 Å². The number of aromatic nitrogens is 1. The second-order valence-corrected chi connectivity index (χ2v) is 5.95. The molecule has 1 atom stereocenters. The number of rotatable bonds is 7. The number of hydrogen-bond donors (Lipinski definition) is 2. The molecule has 0 amide bonds. The third-order valence-corrected chi connectivity index (χ3v) is 4.04. The Labute approximate surface area is 149 Å². The average molecular weight is 344 g/mol. The normalized spacial score (nSPS) is 12.8. The maximum Gasteiger partial charge on any atom is 0.194 e. The van der Waals surface area contributed by atoms with Crippen LogP contribution in [0.5, 0.6) is 5.75 Å². The Morgan fingerprint density at radius 3 is 2.80 bits per heavy atom.